The Labute approximate surface area is 160 Å². The van der Waals surface area contributed by atoms with Gasteiger partial charge >= 0.3 is 11.7 Å². The SMILES string of the molecule is O=C(O)C1OC(OCC2OC(n3ccc(=O)[nH]c3=O)C(O)C2O)C(O)C(O)C1=O. The van der Waals surface area contributed by atoms with Crippen LogP contribution in [0.15, 0.2) is 21.9 Å². The van der Waals surface area contributed by atoms with E-state index in [9.17, 15) is 39.6 Å². The van der Waals surface area contributed by atoms with Gasteiger partial charge in [0.25, 0.3) is 5.56 Å². The molecular formula is C15H18N2O12. The van der Waals surface area contributed by atoms with Crippen molar-refractivity contribution in [2.75, 3.05) is 6.61 Å². The zero-order valence-electron chi connectivity index (χ0n) is 14.5. The summed E-state index contributed by atoms with van der Waals surface area (Å²) in [4.78, 5) is 47.6. The van der Waals surface area contributed by atoms with Crippen molar-refractivity contribution in [2.24, 2.45) is 0 Å². The van der Waals surface area contributed by atoms with E-state index in [1.165, 1.54) is 0 Å². The van der Waals surface area contributed by atoms with E-state index in [0.717, 1.165) is 16.8 Å². The van der Waals surface area contributed by atoms with Crippen molar-refractivity contribution in [1.82, 2.24) is 9.55 Å². The van der Waals surface area contributed by atoms with Crippen molar-refractivity contribution < 1.29 is 49.3 Å². The number of carboxylic acids is 1. The van der Waals surface area contributed by atoms with Gasteiger partial charge in [0.15, 0.2) is 12.5 Å². The molecule has 0 aliphatic carbocycles. The number of hydrogen-bond donors (Lipinski definition) is 6. The second kappa shape index (κ2) is 8.11. The third-order valence-electron chi connectivity index (χ3n) is 4.53. The topological polar surface area (TPSA) is 218 Å². The predicted octanol–water partition coefficient (Wildman–Crippen LogP) is -4.73. The van der Waals surface area contributed by atoms with Crippen molar-refractivity contribution in [1.29, 1.82) is 0 Å². The number of aliphatic hydroxyl groups excluding tert-OH is 4. The molecule has 0 spiro atoms. The number of aliphatic carboxylic acids is 1. The Morgan fingerprint density at radius 1 is 1.10 bits per heavy atom. The van der Waals surface area contributed by atoms with Gasteiger partial charge in [-0.2, -0.15) is 0 Å². The molecule has 8 unspecified atom stereocenters. The first-order valence-corrected chi connectivity index (χ1v) is 8.34. The highest BCUT2D eigenvalue weighted by molar-refractivity contribution is 6.04. The highest BCUT2D eigenvalue weighted by Crippen LogP contribution is 2.29. The summed E-state index contributed by atoms with van der Waals surface area (Å²) >= 11 is 0. The van der Waals surface area contributed by atoms with E-state index in [2.05, 4.69) is 0 Å². The van der Waals surface area contributed by atoms with Crippen LogP contribution >= 0.6 is 0 Å². The van der Waals surface area contributed by atoms with E-state index in [-0.39, 0.29) is 0 Å². The van der Waals surface area contributed by atoms with Gasteiger partial charge in [-0.15, -0.1) is 0 Å². The molecule has 0 bridgehead atoms. The lowest BCUT2D eigenvalue weighted by molar-refractivity contribution is -0.261. The largest absolute Gasteiger partial charge is 0.479 e. The minimum absolute atomic E-state index is 0.568. The minimum Gasteiger partial charge on any atom is -0.479 e. The van der Waals surface area contributed by atoms with Crippen molar-refractivity contribution in [2.45, 2.75) is 49.1 Å². The molecule has 2 aliphatic heterocycles. The molecule has 8 atom stereocenters. The molecule has 0 aromatic carbocycles. The van der Waals surface area contributed by atoms with Gasteiger partial charge in [0, 0.05) is 12.3 Å². The molecule has 14 nitrogen and oxygen atoms in total. The van der Waals surface area contributed by atoms with E-state index in [1.54, 1.807) is 0 Å². The standard InChI is InChI=1S/C15H18N2O12/c18-5-1-2-17(15(26)16-5)12-9(22)6(19)4(28-12)3-27-14-10(23)7(20)8(21)11(29-14)13(24)25/h1-2,4,6-7,9-12,14,19-20,22-23H,3H2,(H,24,25)(H,16,18,26). The highest BCUT2D eigenvalue weighted by atomic mass is 16.7. The Morgan fingerprint density at radius 2 is 1.79 bits per heavy atom. The first kappa shape index (κ1) is 21.3. The smallest absolute Gasteiger partial charge is 0.340 e. The van der Waals surface area contributed by atoms with E-state index >= 15 is 0 Å². The molecule has 2 aliphatic rings. The Kier molecular flexibility index (Phi) is 5.95. The van der Waals surface area contributed by atoms with Crippen LogP contribution in [-0.4, -0.2) is 96.4 Å². The molecule has 0 saturated carbocycles. The van der Waals surface area contributed by atoms with Crippen LogP contribution in [0, 0.1) is 0 Å². The number of carbonyl (C=O) groups is 2. The average molecular weight is 418 g/mol. The Bertz CT molecular complexity index is 896. The molecule has 3 heterocycles. The monoisotopic (exact) mass is 418 g/mol. The van der Waals surface area contributed by atoms with Crippen LogP contribution in [0.1, 0.15) is 6.23 Å². The summed E-state index contributed by atoms with van der Waals surface area (Å²) in [6, 6.07) is 1.00. The lowest BCUT2D eigenvalue weighted by atomic mass is 10.0. The Balaban J connectivity index is 1.69. The Hall–Kier alpha value is -2.46. The molecule has 3 rings (SSSR count). The van der Waals surface area contributed by atoms with Crippen LogP contribution in [0.3, 0.4) is 0 Å². The maximum atomic E-state index is 11.8. The molecule has 14 heteroatoms. The number of nitrogens with one attached hydrogen (secondary N) is 1. The number of aromatic nitrogens is 2. The third kappa shape index (κ3) is 3.99. The molecule has 0 amide bonds. The number of aromatic amines is 1. The number of aliphatic hydroxyl groups is 4. The van der Waals surface area contributed by atoms with Crippen molar-refractivity contribution >= 4 is 11.8 Å². The van der Waals surface area contributed by atoms with Crippen molar-refractivity contribution in [3.05, 3.63) is 33.1 Å². The van der Waals surface area contributed by atoms with Crippen LogP contribution in [0.25, 0.3) is 0 Å². The van der Waals surface area contributed by atoms with E-state index in [4.69, 9.17) is 19.3 Å². The van der Waals surface area contributed by atoms with Gasteiger partial charge < -0.3 is 39.7 Å². The first-order chi connectivity index (χ1) is 13.6. The van der Waals surface area contributed by atoms with Gasteiger partial charge in [0.2, 0.25) is 11.9 Å². The molecule has 0 radical (unpaired) electrons. The third-order valence-corrected chi connectivity index (χ3v) is 4.53. The van der Waals surface area contributed by atoms with Crippen LogP contribution in [-0.2, 0) is 23.8 Å². The summed E-state index contributed by atoms with van der Waals surface area (Å²) < 4.78 is 16.2. The van der Waals surface area contributed by atoms with Gasteiger partial charge in [-0.05, 0) is 0 Å². The van der Waals surface area contributed by atoms with E-state index < -0.39 is 78.8 Å². The number of ether oxygens (including phenoxy) is 3. The fraction of sp³-hybridized carbons (Fsp3) is 0.600. The second-order valence-electron chi connectivity index (χ2n) is 6.46. The molecule has 1 aromatic heterocycles. The molecule has 29 heavy (non-hydrogen) atoms. The summed E-state index contributed by atoms with van der Waals surface area (Å²) in [5.74, 6) is -2.95. The van der Waals surface area contributed by atoms with Gasteiger partial charge in [-0.1, -0.05) is 0 Å². The molecular weight excluding hydrogens is 400 g/mol. The molecule has 6 N–H and O–H groups in total. The number of H-pyrrole nitrogens is 1. The summed E-state index contributed by atoms with van der Waals surface area (Å²) in [6.45, 7) is -0.568. The first-order valence-electron chi connectivity index (χ1n) is 8.34. The fourth-order valence-electron chi connectivity index (χ4n) is 2.99. The van der Waals surface area contributed by atoms with Gasteiger partial charge in [0.05, 0.1) is 6.61 Å². The normalized spacial score (nSPS) is 37.6. The number of rotatable bonds is 5. The van der Waals surface area contributed by atoms with Crippen molar-refractivity contribution in [3.63, 3.8) is 0 Å². The molecule has 2 fully saturated rings. The molecule has 160 valence electrons. The number of ketones is 1. The van der Waals surface area contributed by atoms with Crippen LogP contribution in [0.4, 0.5) is 0 Å². The number of nitrogens with zero attached hydrogens (tertiary/aromatic N) is 1. The molecule has 1 aromatic rings. The zero-order chi connectivity index (χ0) is 21.5. The quantitative estimate of drug-likeness (QED) is 0.248. The number of hydrogen-bond acceptors (Lipinski definition) is 11. The zero-order valence-corrected chi connectivity index (χ0v) is 14.5. The summed E-state index contributed by atoms with van der Waals surface area (Å²) in [5, 5.41) is 48.7. The highest BCUT2D eigenvalue weighted by Gasteiger charge is 2.49. The van der Waals surface area contributed by atoms with E-state index in [0.29, 0.717) is 0 Å². The number of Topliss-reactive ketones (excluding diaryl/α,β-unsaturated/α-hetero) is 1. The summed E-state index contributed by atoms with van der Waals surface area (Å²) in [5.41, 5.74) is -1.57. The van der Waals surface area contributed by atoms with Gasteiger partial charge in [-0.3, -0.25) is 19.1 Å². The second-order valence-corrected chi connectivity index (χ2v) is 6.46. The van der Waals surface area contributed by atoms with Gasteiger partial charge in [-0.25, -0.2) is 9.59 Å². The number of carbonyl (C=O) groups excluding carboxylic acids is 1. The minimum atomic E-state index is -2.07. The Morgan fingerprint density at radius 3 is 2.41 bits per heavy atom. The van der Waals surface area contributed by atoms with Crippen molar-refractivity contribution in [3.8, 4) is 0 Å². The maximum Gasteiger partial charge on any atom is 0.340 e. The summed E-state index contributed by atoms with van der Waals surface area (Å²) in [7, 11) is 0. The maximum absolute atomic E-state index is 11.8. The number of carboxylic acid groups (broad SMARTS) is 1. The molecule has 2 saturated heterocycles. The van der Waals surface area contributed by atoms with Crippen LogP contribution < -0.4 is 11.2 Å². The summed E-state index contributed by atoms with van der Waals surface area (Å²) in [6.07, 6.45) is -12.5. The van der Waals surface area contributed by atoms with Crippen LogP contribution in [0.5, 0.6) is 0 Å². The van der Waals surface area contributed by atoms with Gasteiger partial charge in [0.1, 0.15) is 30.5 Å². The van der Waals surface area contributed by atoms with E-state index in [1.807, 2.05) is 4.98 Å². The fourth-order valence-corrected chi connectivity index (χ4v) is 2.99. The lowest BCUT2D eigenvalue weighted by Gasteiger charge is -2.34. The lowest BCUT2D eigenvalue weighted by Crippen LogP contribution is -2.58. The predicted molar refractivity (Wildman–Crippen MR) is 86.5 cm³/mol. The van der Waals surface area contributed by atoms with Crippen LogP contribution in [0.2, 0.25) is 0 Å². The average Bonchev–Trinajstić information content (AvgIpc) is 2.94.